The van der Waals surface area contributed by atoms with Crippen molar-refractivity contribution >= 4 is 17.3 Å². The number of nitrogens with zero attached hydrogens (tertiary/aromatic N) is 1. The van der Waals surface area contributed by atoms with E-state index in [4.69, 9.17) is 0 Å². The number of nitrogens with one attached hydrogen (secondary N) is 1. The third-order valence-electron chi connectivity index (χ3n) is 5.56. The lowest BCUT2D eigenvalue weighted by molar-refractivity contribution is -0.137. The smallest absolute Gasteiger partial charge is 0.370 e. The monoisotopic (exact) mass is 424 g/mol. The van der Waals surface area contributed by atoms with Crippen LogP contribution in [0.3, 0.4) is 0 Å². The van der Waals surface area contributed by atoms with Gasteiger partial charge in [0.1, 0.15) is 0 Å². The van der Waals surface area contributed by atoms with Crippen LogP contribution in [-0.2, 0) is 11.0 Å². The Morgan fingerprint density at radius 3 is 1.90 bits per heavy atom. The fourth-order valence-electron chi connectivity index (χ4n) is 4.04. The summed E-state index contributed by atoms with van der Waals surface area (Å²) in [7, 11) is 0. The molecular weight excluding hydrogens is 401 g/mol. The minimum Gasteiger partial charge on any atom is -0.370 e. The van der Waals surface area contributed by atoms with E-state index in [9.17, 15) is 18.0 Å². The van der Waals surface area contributed by atoms with Crippen LogP contribution in [-0.4, -0.2) is 19.0 Å². The molecule has 0 spiro atoms. The average Bonchev–Trinajstić information content (AvgIpc) is 3.29. The van der Waals surface area contributed by atoms with Crippen molar-refractivity contribution < 1.29 is 18.0 Å². The van der Waals surface area contributed by atoms with Crippen LogP contribution in [0.5, 0.6) is 0 Å². The molecule has 1 fully saturated rings. The maximum absolute atomic E-state index is 13.4. The SMILES string of the molecule is O=C(Nc1cc(C(F)(F)F)ccc1N1CCCC1)C(c1ccccc1)c1ccccc1. The lowest BCUT2D eigenvalue weighted by atomic mass is 9.90. The lowest BCUT2D eigenvalue weighted by Gasteiger charge is -2.24. The number of carbonyl (C=O) groups is 1. The van der Waals surface area contributed by atoms with Crippen molar-refractivity contribution in [1.29, 1.82) is 0 Å². The number of halogens is 3. The molecule has 0 aliphatic carbocycles. The minimum absolute atomic E-state index is 0.193. The highest BCUT2D eigenvalue weighted by molar-refractivity contribution is 6.00. The van der Waals surface area contributed by atoms with Crippen molar-refractivity contribution in [2.45, 2.75) is 24.9 Å². The summed E-state index contributed by atoms with van der Waals surface area (Å²) in [5, 5.41) is 2.82. The van der Waals surface area contributed by atoms with Gasteiger partial charge >= 0.3 is 6.18 Å². The topological polar surface area (TPSA) is 32.3 Å². The molecule has 0 saturated carbocycles. The van der Waals surface area contributed by atoms with Crippen LogP contribution in [0.4, 0.5) is 24.5 Å². The Labute approximate surface area is 179 Å². The molecule has 6 heteroatoms. The first kappa shape index (κ1) is 21.0. The molecule has 3 nitrogen and oxygen atoms in total. The van der Waals surface area contributed by atoms with Crippen LogP contribution in [0.25, 0.3) is 0 Å². The Kier molecular flexibility index (Phi) is 5.98. The first-order valence-electron chi connectivity index (χ1n) is 10.3. The number of anilines is 2. The molecule has 3 aromatic carbocycles. The van der Waals surface area contributed by atoms with Crippen LogP contribution >= 0.6 is 0 Å². The fraction of sp³-hybridized carbons (Fsp3) is 0.240. The van der Waals surface area contributed by atoms with E-state index in [1.54, 1.807) is 0 Å². The third kappa shape index (κ3) is 4.74. The molecule has 1 saturated heterocycles. The van der Waals surface area contributed by atoms with Crippen molar-refractivity contribution in [3.8, 4) is 0 Å². The number of carbonyl (C=O) groups excluding carboxylic acids is 1. The summed E-state index contributed by atoms with van der Waals surface area (Å²) in [5.41, 5.74) is 1.60. The largest absolute Gasteiger partial charge is 0.416 e. The maximum atomic E-state index is 13.4. The summed E-state index contributed by atoms with van der Waals surface area (Å²) in [6.07, 6.45) is -2.53. The zero-order valence-corrected chi connectivity index (χ0v) is 16.9. The molecule has 4 rings (SSSR count). The fourth-order valence-corrected chi connectivity index (χ4v) is 4.04. The summed E-state index contributed by atoms with van der Waals surface area (Å²) >= 11 is 0. The van der Waals surface area contributed by atoms with Gasteiger partial charge in [0.15, 0.2) is 0 Å². The minimum atomic E-state index is -4.48. The van der Waals surface area contributed by atoms with Gasteiger partial charge in [0.2, 0.25) is 5.91 Å². The number of alkyl halides is 3. The molecule has 0 aromatic heterocycles. The Bertz CT molecular complexity index is 990. The van der Waals surface area contributed by atoms with Gasteiger partial charge in [-0.1, -0.05) is 60.7 Å². The molecule has 0 radical (unpaired) electrons. The molecule has 0 unspecified atom stereocenters. The zero-order valence-electron chi connectivity index (χ0n) is 16.9. The van der Waals surface area contributed by atoms with Crippen LogP contribution < -0.4 is 10.2 Å². The van der Waals surface area contributed by atoms with Gasteiger partial charge in [-0.3, -0.25) is 4.79 Å². The molecule has 1 aliphatic rings. The standard InChI is InChI=1S/C25H23F3N2O/c26-25(27,28)20-13-14-22(30-15-7-8-16-30)21(17-20)29-24(31)23(18-9-3-1-4-10-18)19-11-5-2-6-12-19/h1-6,9-14,17,23H,7-8,15-16H2,(H,29,31). The van der Waals surface area contributed by atoms with Crippen LogP contribution in [0, 0.1) is 0 Å². The first-order chi connectivity index (χ1) is 14.9. The van der Waals surface area contributed by atoms with Gasteiger partial charge in [0.25, 0.3) is 0 Å². The molecular formula is C25H23F3N2O. The van der Waals surface area contributed by atoms with Crippen molar-refractivity contribution in [2.75, 3.05) is 23.3 Å². The Morgan fingerprint density at radius 1 is 0.839 bits per heavy atom. The van der Waals surface area contributed by atoms with E-state index in [1.165, 1.54) is 6.07 Å². The van der Waals surface area contributed by atoms with E-state index in [-0.39, 0.29) is 11.6 Å². The van der Waals surface area contributed by atoms with Gasteiger partial charge in [-0.2, -0.15) is 13.2 Å². The van der Waals surface area contributed by atoms with E-state index in [1.807, 2.05) is 65.6 Å². The second-order valence-corrected chi connectivity index (χ2v) is 7.67. The molecule has 1 amide bonds. The number of hydrogen-bond donors (Lipinski definition) is 1. The summed E-state index contributed by atoms with van der Waals surface area (Å²) in [5.74, 6) is -0.999. The van der Waals surface area contributed by atoms with E-state index >= 15 is 0 Å². The van der Waals surface area contributed by atoms with Gasteiger partial charge in [0.05, 0.1) is 22.9 Å². The molecule has 1 N–H and O–H groups in total. The summed E-state index contributed by atoms with van der Waals surface area (Å²) < 4.78 is 40.1. The molecule has 0 atom stereocenters. The van der Waals surface area contributed by atoms with Crippen molar-refractivity contribution in [2.24, 2.45) is 0 Å². The predicted octanol–water partition coefficient (Wildman–Crippen LogP) is 6.08. The van der Waals surface area contributed by atoms with E-state index < -0.39 is 17.7 Å². The highest BCUT2D eigenvalue weighted by Crippen LogP contribution is 2.37. The normalized spacial score (nSPS) is 14.1. The zero-order chi connectivity index (χ0) is 21.8. The van der Waals surface area contributed by atoms with Gasteiger partial charge in [0, 0.05) is 13.1 Å². The van der Waals surface area contributed by atoms with Crippen LogP contribution in [0.2, 0.25) is 0 Å². The molecule has 160 valence electrons. The predicted molar refractivity (Wildman–Crippen MR) is 116 cm³/mol. The first-order valence-corrected chi connectivity index (χ1v) is 10.3. The molecule has 3 aromatic rings. The number of benzene rings is 3. The van der Waals surface area contributed by atoms with Gasteiger partial charge in [-0.25, -0.2) is 0 Å². The summed E-state index contributed by atoms with van der Waals surface area (Å²) in [4.78, 5) is 15.5. The average molecular weight is 424 g/mol. The molecule has 1 heterocycles. The number of hydrogen-bond acceptors (Lipinski definition) is 2. The Hall–Kier alpha value is -3.28. The number of rotatable bonds is 5. The van der Waals surface area contributed by atoms with Crippen LogP contribution in [0.1, 0.15) is 35.4 Å². The van der Waals surface area contributed by atoms with E-state index in [2.05, 4.69) is 5.32 Å². The van der Waals surface area contributed by atoms with E-state index in [0.717, 1.165) is 49.2 Å². The third-order valence-corrected chi connectivity index (χ3v) is 5.56. The highest BCUT2D eigenvalue weighted by atomic mass is 19.4. The van der Waals surface area contributed by atoms with Crippen molar-refractivity contribution in [3.63, 3.8) is 0 Å². The Morgan fingerprint density at radius 2 is 1.39 bits per heavy atom. The lowest BCUT2D eigenvalue weighted by Crippen LogP contribution is -2.25. The Balaban J connectivity index is 1.72. The van der Waals surface area contributed by atoms with Crippen molar-refractivity contribution in [3.05, 3.63) is 95.6 Å². The van der Waals surface area contributed by atoms with Gasteiger partial charge < -0.3 is 10.2 Å². The van der Waals surface area contributed by atoms with Crippen molar-refractivity contribution in [1.82, 2.24) is 0 Å². The highest BCUT2D eigenvalue weighted by Gasteiger charge is 2.32. The summed E-state index contributed by atoms with van der Waals surface area (Å²) in [6, 6.07) is 22.1. The molecule has 31 heavy (non-hydrogen) atoms. The summed E-state index contributed by atoms with van der Waals surface area (Å²) in [6.45, 7) is 1.52. The molecule has 1 aliphatic heterocycles. The van der Waals surface area contributed by atoms with E-state index in [0.29, 0.717) is 5.69 Å². The van der Waals surface area contributed by atoms with Gasteiger partial charge in [-0.15, -0.1) is 0 Å². The van der Waals surface area contributed by atoms with Crippen LogP contribution in [0.15, 0.2) is 78.9 Å². The number of amides is 1. The quantitative estimate of drug-likeness (QED) is 0.539. The second kappa shape index (κ2) is 8.84. The maximum Gasteiger partial charge on any atom is 0.416 e. The molecule has 0 bridgehead atoms. The second-order valence-electron chi connectivity index (χ2n) is 7.67. The van der Waals surface area contributed by atoms with Gasteiger partial charge in [-0.05, 0) is 42.2 Å².